The maximum absolute atomic E-state index is 13.6. The Hall–Kier alpha value is -2.64. The van der Waals surface area contributed by atoms with E-state index in [4.69, 9.17) is 16.6 Å². The second kappa shape index (κ2) is 10.7. The van der Waals surface area contributed by atoms with Gasteiger partial charge in [0, 0.05) is 52.0 Å². The van der Waals surface area contributed by atoms with Crippen LogP contribution in [0.2, 0.25) is 5.02 Å². The third-order valence-electron chi connectivity index (χ3n) is 6.35. The van der Waals surface area contributed by atoms with Gasteiger partial charge in [-0.1, -0.05) is 45.7 Å². The third-order valence-corrected chi connectivity index (χ3v) is 7.19. The van der Waals surface area contributed by atoms with Gasteiger partial charge in [0.1, 0.15) is 5.82 Å². The molecule has 2 heterocycles. The highest BCUT2D eigenvalue weighted by Crippen LogP contribution is 2.32. The van der Waals surface area contributed by atoms with Gasteiger partial charge in [0.25, 0.3) is 5.91 Å². The number of carbonyl (C=O) groups excluding carboxylic acids is 2. The number of aromatic nitrogens is 1. The lowest BCUT2D eigenvalue weighted by Crippen LogP contribution is -2.31. The van der Waals surface area contributed by atoms with Gasteiger partial charge >= 0.3 is 0 Å². The molecule has 1 aliphatic heterocycles. The van der Waals surface area contributed by atoms with Crippen molar-refractivity contribution in [2.75, 3.05) is 24.5 Å². The van der Waals surface area contributed by atoms with Crippen molar-refractivity contribution < 1.29 is 14.7 Å². The van der Waals surface area contributed by atoms with Crippen LogP contribution in [0.25, 0.3) is 10.9 Å². The monoisotopic (exact) mass is 542 g/mol. The van der Waals surface area contributed by atoms with Gasteiger partial charge in [-0.25, -0.2) is 4.98 Å². The van der Waals surface area contributed by atoms with E-state index in [-0.39, 0.29) is 24.8 Å². The molecule has 34 heavy (non-hydrogen) atoms. The van der Waals surface area contributed by atoms with Crippen molar-refractivity contribution in [1.82, 2.24) is 10.3 Å². The highest BCUT2D eigenvalue weighted by Gasteiger charge is 2.24. The number of carboxylic acid groups (broad SMARTS) is 1. The average Bonchev–Trinajstić information content (AvgIpc) is 3.34. The summed E-state index contributed by atoms with van der Waals surface area (Å²) in [4.78, 5) is 31.8. The molecular formula is C26H26BrClN3O3-. The van der Waals surface area contributed by atoms with Gasteiger partial charge in [-0.05, 0) is 62.4 Å². The lowest BCUT2D eigenvalue weighted by Gasteiger charge is -2.23. The fourth-order valence-corrected chi connectivity index (χ4v) is 5.27. The van der Waals surface area contributed by atoms with E-state index in [2.05, 4.69) is 26.1 Å². The van der Waals surface area contributed by atoms with Crippen molar-refractivity contribution in [3.05, 3.63) is 68.7 Å². The zero-order valence-electron chi connectivity index (χ0n) is 18.9. The number of hydrogen-bond acceptors (Lipinski definition) is 5. The van der Waals surface area contributed by atoms with E-state index in [1.54, 1.807) is 6.07 Å². The summed E-state index contributed by atoms with van der Waals surface area (Å²) in [5.74, 6) is -0.751. The van der Waals surface area contributed by atoms with Crippen molar-refractivity contribution >= 4 is 56.1 Å². The number of rotatable bonds is 8. The van der Waals surface area contributed by atoms with Crippen LogP contribution < -0.4 is 15.3 Å². The first-order valence-corrected chi connectivity index (χ1v) is 12.6. The van der Waals surface area contributed by atoms with Crippen LogP contribution in [-0.2, 0) is 4.79 Å². The van der Waals surface area contributed by atoms with Crippen LogP contribution in [0.3, 0.4) is 0 Å². The molecule has 1 fully saturated rings. The number of nitrogens with zero attached hydrogens (tertiary/aromatic N) is 2. The summed E-state index contributed by atoms with van der Waals surface area (Å²) in [5.41, 5.74) is 3.00. The van der Waals surface area contributed by atoms with Gasteiger partial charge in [-0.15, -0.1) is 0 Å². The number of nitrogens with one attached hydrogen (secondary N) is 1. The maximum Gasteiger partial charge on any atom is 0.252 e. The van der Waals surface area contributed by atoms with Crippen molar-refractivity contribution in [3.8, 4) is 0 Å². The third kappa shape index (κ3) is 5.36. The Morgan fingerprint density at radius 2 is 1.94 bits per heavy atom. The van der Waals surface area contributed by atoms with Crippen molar-refractivity contribution in [1.29, 1.82) is 0 Å². The van der Waals surface area contributed by atoms with Crippen LogP contribution in [0.15, 0.2) is 46.9 Å². The number of carboxylic acids is 1. The number of halogens is 2. The van der Waals surface area contributed by atoms with Gasteiger partial charge in [0.05, 0.1) is 11.1 Å². The van der Waals surface area contributed by atoms with Crippen LogP contribution >= 0.6 is 27.5 Å². The minimum absolute atomic E-state index is 0.116. The molecule has 1 amide bonds. The smallest absolute Gasteiger partial charge is 0.252 e. The van der Waals surface area contributed by atoms with Crippen molar-refractivity contribution in [2.24, 2.45) is 0 Å². The van der Waals surface area contributed by atoms with Gasteiger partial charge in [0.2, 0.25) is 0 Å². The van der Waals surface area contributed by atoms with Crippen LogP contribution in [-0.4, -0.2) is 36.5 Å². The van der Waals surface area contributed by atoms with E-state index in [0.717, 1.165) is 58.3 Å². The lowest BCUT2D eigenvalue weighted by atomic mass is 9.93. The zero-order chi connectivity index (χ0) is 24.2. The number of carbonyl (C=O) groups is 2. The second-order valence-electron chi connectivity index (χ2n) is 8.63. The van der Waals surface area contributed by atoms with E-state index in [9.17, 15) is 14.7 Å². The Bertz CT molecular complexity index is 1230. The molecule has 0 aliphatic carbocycles. The average molecular weight is 544 g/mol. The SMILES string of the molecule is Cc1c(N2CCCC2)nc2ccc(Br)cc2c1C(=O)NC[C@@H](CCC(=O)[O-])c1ccccc1Cl. The molecule has 4 rings (SSSR count). The van der Waals surface area contributed by atoms with Crippen LogP contribution in [0.1, 0.15) is 53.1 Å². The molecule has 3 aromatic rings. The molecule has 0 unspecified atom stereocenters. The first-order valence-electron chi connectivity index (χ1n) is 11.4. The molecule has 2 aromatic carbocycles. The zero-order valence-corrected chi connectivity index (χ0v) is 21.3. The van der Waals surface area contributed by atoms with Crippen molar-refractivity contribution in [2.45, 2.75) is 38.5 Å². The first kappa shape index (κ1) is 24.5. The molecule has 178 valence electrons. The van der Waals surface area contributed by atoms with E-state index < -0.39 is 5.97 Å². The summed E-state index contributed by atoms with van der Waals surface area (Å²) < 4.78 is 0.868. The van der Waals surface area contributed by atoms with Crippen LogP contribution in [0, 0.1) is 6.92 Å². The number of benzene rings is 2. The highest BCUT2D eigenvalue weighted by atomic mass is 79.9. The van der Waals surface area contributed by atoms with Gasteiger partial charge in [-0.2, -0.15) is 0 Å². The molecule has 0 saturated carbocycles. The van der Waals surface area contributed by atoms with Crippen LogP contribution in [0.5, 0.6) is 0 Å². The van der Waals surface area contributed by atoms with Gasteiger partial charge in [0.15, 0.2) is 0 Å². The van der Waals surface area contributed by atoms with E-state index >= 15 is 0 Å². The standard InChI is InChI=1S/C26H27BrClN3O3/c1-16-24(20-14-18(27)9-10-22(20)30-25(16)31-12-4-5-13-31)26(34)29-15-17(8-11-23(32)33)19-6-2-3-7-21(19)28/h2-3,6-7,9-10,14,17H,4-5,8,11-13,15H2,1H3,(H,29,34)(H,32,33)/p-1/t17-/m1/s1. The molecule has 1 saturated heterocycles. The van der Waals surface area contributed by atoms with Crippen LogP contribution in [0.4, 0.5) is 5.82 Å². The Morgan fingerprint density at radius 1 is 1.21 bits per heavy atom. The molecule has 8 heteroatoms. The summed E-state index contributed by atoms with van der Waals surface area (Å²) in [6.07, 6.45) is 2.42. The summed E-state index contributed by atoms with van der Waals surface area (Å²) >= 11 is 9.90. The topological polar surface area (TPSA) is 85.4 Å². The predicted octanol–water partition coefficient (Wildman–Crippen LogP) is 4.60. The number of aliphatic carboxylic acids is 1. The minimum Gasteiger partial charge on any atom is -0.550 e. The second-order valence-corrected chi connectivity index (χ2v) is 9.95. The molecule has 1 N–H and O–H groups in total. The van der Waals surface area contributed by atoms with E-state index in [1.165, 1.54) is 0 Å². The fourth-order valence-electron chi connectivity index (χ4n) is 4.62. The van der Waals surface area contributed by atoms with E-state index in [1.807, 2.05) is 43.3 Å². The van der Waals surface area contributed by atoms with Gasteiger partial charge < -0.3 is 20.1 Å². The summed E-state index contributed by atoms with van der Waals surface area (Å²) in [6, 6.07) is 13.1. The minimum atomic E-state index is -1.13. The first-order chi connectivity index (χ1) is 16.3. The number of pyridine rings is 1. The van der Waals surface area contributed by atoms with Gasteiger partial charge in [-0.3, -0.25) is 4.79 Å². The van der Waals surface area contributed by atoms with Crippen molar-refractivity contribution in [3.63, 3.8) is 0 Å². The summed E-state index contributed by atoms with van der Waals surface area (Å²) in [6.45, 7) is 4.05. The molecule has 1 aliphatic rings. The Labute approximate surface area is 212 Å². The molecule has 1 atom stereocenters. The summed E-state index contributed by atoms with van der Waals surface area (Å²) in [7, 11) is 0. The Morgan fingerprint density at radius 3 is 2.65 bits per heavy atom. The normalized spacial score (nSPS) is 14.4. The largest absolute Gasteiger partial charge is 0.550 e. The Kier molecular flexibility index (Phi) is 7.73. The quantitative estimate of drug-likeness (QED) is 0.449. The number of amides is 1. The predicted molar refractivity (Wildman–Crippen MR) is 136 cm³/mol. The highest BCUT2D eigenvalue weighted by molar-refractivity contribution is 9.10. The number of anilines is 1. The maximum atomic E-state index is 13.6. The molecule has 0 bridgehead atoms. The number of hydrogen-bond donors (Lipinski definition) is 1. The lowest BCUT2D eigenvalue weighted by molar-refractivity contribution is -0.305. The Balaban J connectivity index is 1.67. The molecule has 6 nitrogen and oxygen atoms in total. The molecule has 0 spiro atoms. The molecule has 1 aromatic heterocycles. The molecule has 0 radical (unpaired) electrons. The molecular weight excluding hydrogens is 518 g/mol. The summed E-state index contributed by atoms with van der Waals surface area (Å²) in [5, 5.41) is 15.5. The number of fused-ring (bicyclic) bond motifs is 1. The fraction of sp³-hybridized carbons (Fsp3) is 0.346. The van der Waals surface area contributed by atoms with E-state index in [0.29, 0.717) is 17.0 Å².